The van der Waals surface area contributed by atoms with Gasteiger partial charge in [-0.15, -0.1) is 0 Å². The first-order valence-electron chi connectivity index (χ1n) is 11.5. The van der Waals surface area contributed by atoms with Crippen molar-refractivity contribution in [1.82, 2.24) is 4.98 Å². The standard InChI is InChI=1S/C26H20Cl2N2O7S/c1-3-35-25(34)23-12(2)29-26(38-23)30-20(15-6-5-14(27)11-16(15)28)19(22(32)24(30)33)21(31)13-4-7-17-18(10-13)37-9-8-36-17/h4-7,10-11,20,31H,3,8-9H2,1-2H3/b21-19+. The van der Waals surface area contributed by atoms with Crippen molar-refractivity contribution in [2.45, 2.75) is 19.9 Å². The zero-order valence-corrected chi connectivity index (χ0v) is 22.4. The molecule has 12 heteroatoms. The highest BCUT2D eigenvalue weighted by molar-refractivity contribution is 7.17. The van der Waals surface area contributed by atoms with Gasteiger partial charge in [0, 0.05) is 15.6 Å². The van der Waals surface area contributed by atoms with Gasteiger partial charge in [-0.2, -0.15) is 0 Å². The fourth-order valence-electron chi connectivity index (χ4n) is 4.26. The van der Waals surface area contributed by atoms with E-state index in [1.165, 1.54) is 12.1 Å². The van der Waals surface area contributed by atoms with E-state index in [-0.39, 0.29) is 32.8 Å². The molecular formula is C26H20Cl2N2O7S. The van der Waals surface area contributed by atoms with Crippen LogP contribution in [0.15, 0.2) is 42.0 Å². The zero-order valence-electron chi connectivity index (χ0n) is 20.1. The topological polar surface area (TPSA) is 115 Å². The Morgan fingerprint density at radius 3 is 2.61 bits per heavy atom. The second-order valence-electron chi connectivity index (χ2n) is 8.32. The van der Waals surface area contributed by atoms with Gasteiger partial charge in [-0.05, 0) is 49.7 Å². The predicted octanol–water partition coefficient (Wildman–Crippen LogP) is 5.33. The number of aromatic nitrogens is 1. The smallest absolute Gasteiger partial charge is 0.350 e. The summed E-state index contributed by atoms with van der Waals surface area (Å²) in [5, 5.41) is 12.0. The number of carbonyl (C=O) groups excluding carboxylic acids is 3. The Labute approximate surface area is 231 Å². The molecule has 196 valence electrons. The van der Waals surface area contributed by atoms with Crippen LogP contribution in [-0.2, 0) is 14.3 Å². The Morgan fingerprint density at radius 2 is 1.89 bits per heavy atom. The molecule has 38 heavy (non-hydrogen) atoms. The fraction of sp³-hybridized carbons (Fsp3) is 0.231. The maximum atomic E-state index is 13.4. The van der Waals surface area contributed by atoms with E-state index in [9.17, 15) is 19.5 Å². The van der Waals surface area contributed by atoms with E-state index >= 15 is 0 Å². The summed E-state index contributed by atoms with van der Waals surface area (Å²) in [6, 6.07) is 8.14. The zero-order chi connectivity index (χ0) is 27.1. The maximum Gasteiger partial charge on any atom is 0.350 e. The number of amides is 1. The number of thiazole rings is 1. The first kappa shape index (κ1) is 26.0. The minimum atomic E-state index is -1.16. The lowest BCUT2D eigenvalue weighted by atomic mass is 9.95. The van der Waals surface area contributed by atoms with Gasteiger partial charge in [0.25, 0.3) is 5.78 Å². The Morgan fingerprint density at radius 1 is 1.16 bits per heavy atom. The number of aryl methyl sites for hydroxylation is 1. The van der Waals surface area contributed by atoms with Crippen molar-refractivity contribution in [1.29, 1.82) is 0 Å². The first-order valence-corrected chi connectivity index (χ1v) is 13.1. The van der Waals surface area contributed by atoms with E-state index in [0.717, 1.165) is 16.2 Å². The summed E-state index contributed by atoms with van der Waals surface area (Å²) in [5.74, 6) is -2.02. The first-order chi connectivity index (χ1) is 18.2. The van der Waals surface area contributed by atoms with Gasteiger partial charge in [-0.25, -0.2) is 9.78 Å². The monoisotopic (exact) mass is 574 g/mol. The van der Waals surface area contributed by atoms with Crippen molar-refractivity contribution in [3.05, 3.63) is 73.7 Å². The second-order valence-corrected chi connectivity index (χ2v) is 10.1. The number of hydrogen-bond acceptors (Lipinski definition) is 9. The molecule has 2 aliphatic rings. The van der Waals surface area contributed by atoms with Gasteiger partial charge in [0.15, 0.2) is 16.6 Å². The molecule has 1 fully saturated rings. The number of ether oxygens (including phenoxy) is 3. The van der Waals surface area contributed by atoms with E-state index < -0.39 is 29.5 Å². The normalized spacial score (nSPS) is 18.1. The fourth-order valence-corrected chi connectivity index (χ4v) is 5.76. The molecule has 1 N–H and O–H groups in total. The molecule has 1 aromatic heterocycles. The van der Waals surface area contributed by atoms with Crippen LogP contribution in [-0.4, -0.2) is 47.6 Å². The molecule has 0 saturated carbocycles. The highest BCUT2D eigenvalue weighted by Crippen LogP contribution is 2.46. The van der Waals surface area contributed by atoms with Crippen molar-refractivity contribution >= 4 is 63.1 Å². The summed E-state index contributed by atoms with van der Waals surface area (Å²) in [5.41, 5.74) is 0.698. The molecule has 3 heterocycles. The largest absolute Gasteiger partial charge is 0.507 e. The quantitative estimate of drug-likeness (QED) is 0.188. The summed E-state index contributed by atoms with van der Waals surface area (Å²) in [6.45, 7) is 4.15. The van der Waals surface area contributed by atoms with Crippen LogP contribution in [0, 0.1) is 6.92 Å². The number of rotatable bonds is 5. The van der Waals surface area contributed by atoms with Crippen molar-refractivity contribution in [3.63, 3.8) is 0 Å². The molecular weight excluding hydrogens is 555 g/mol. The highest BCUT2D eigenvalue weighted by atomic mass is 35.5. The predicted molar refractivity (Wildman–Crippen MR) is 141 cm³/mol. The molecule has 9 nitrogen and oxygen atoms in total. The van der Waals surface area contributed by atoms with Gasteiger partial charge in [0.1, 0.15) is 23.9 Å². The van der Waals surface area contributed by atoms with Crippen LogP contribution in [0.2, 0.25) is 10.0 Å². The van der Waals surface area contributed by atoms with Gasteiger partial charge in [0.05, 0.1) is 23.9 Å². The minimum absolute atomic E-state index is 0.0740. The van der Waals surface area contributed by atoms with Gasteiger partial charge < -0.3 is 19.3 Å². The maximum absolute atomic E-state index is 13.4. The summed E-state index contributed by atoms with van der Waals surface area (Å²) < 4.78 is 16.2. The Balaban J connectivity index is 1.69. The van der Waals surface area contributed by atoms with Crippen LogP contribution in [0.3, 0.4) is 0 Å². The van der Waals surface area contributed by atoms with E-state index in [2.05, 4.69) is 4.98 Å². The van der Waals surface area contributed by atoms with E-state index in [1.54, 1.807) is 38.1 Å². The number of fused-ring (bicyclic) bond motifs is 1. The molecule has 1 unspecified atom stereocenters. The van der Waals surface area contributed by atoms with Gasteiger partial charge in [0.2, 0.25) is 0 Å². The van der Waals surface area contributed by atoms with Crippen molar-refractivity contribution in [3.8, 4) is 11.5 Å². The number of anilines is 1. The number of ketones is 1. The van der Waals surface area contributed by atoms with Crippen molar-refractivity contribution in [2.24, 2.45) is 0 Å². The third-order valence-electron chi connectivity index (χ3n) is 5.97. The number of aliphatic hydroxyl groups excluding tert-OH is 1. The number of esters is 1. The number of hydrogen-bond donors (Lipinski definition) is 1. The molecule has 1 saturated heterocycles. The molecule has 2 aromatic carbocycles. The van der Waals surface area contributed by atoms with Crippen LogP contribution >= 0.6 is 34.5 Å². The summed E-state index contributed by atoms with van der Waals surface area (Å²) in [6.07, 6.45) is 0. The third kappa shape index (κ3) is 4.48. The van der Waals surface area contributed by atoms with E-state index in [0.29, 0.717) is 41.0 Å². The molecule has 2 aliphatic heterocycles. The molecule has 0 bridgehead atoms. The van der Waals surface area contributed by atoms with Crippen LogP contribution in [0.1, 0.15) is 39.5 Å². The van der Waals surface area contributed by atoms with E-state index in [4.69, 9.17) is 37.4 Å². The Hall–Kier alpha value is -3.60. The number of halogens is 2. The lowest BCUT2D eigenvalue weighted by Crippen LogP contribution is -2.29. The van der Waals surface area contributed by atoms with Crippen LogP contribution in [0.25, 0.3) is 5.76 Å². The number of nitrogens with zero attached hydrogens (tertiary/aromatic N) is 2. The van der Waals surface area contributed by atoms with Gasteiger partial charge in [-0.1, -0.05) is 40.6 Å². The Bertz CT molecular complexity index is 1520. The van der Waals surface area contributed by atoms with E-state index in [1.807, 2.05) is 0 Å². The van der Waals surface area contributed by atoms with Crippen molar-refractivity contribution < 1.29 is 33.7 Å². The summed E-state index contributed by atoms with van der Waals surface area (Å²) >= 11 is 13.5. The summed E-state index contributed by atoms with van der Waals surface area (Å²) in [7, 11) is 0. The second kappa shape index (κ2) is 10.3. The molecule has 0 radical (unpaired) electrons. The minimum Gasteiger partial charge on any atom is -0.507 e. The highest BCUT2D eigenvalue weighted by Gasteiger charge is 2.49. The molecule has 1 amide bonds. The molecule has 5 rings (SSSR count). The lowest BCUT2D eigenvalue weighted by Gasteiger charge is -2.24. The Kier molecular flexibility index (Phi) is 7.04. The number of benzene rings is 2. The van der Waals surface area contributed by atoms with Crippen LogP contribution < -0.4 is 14.4 Å². The average Bonchev–Trinajstić information content (AvgIpc) is 3.40. The SMILES string of the molecule is CCOC(=O)c1sc(N2C(=O)C(=O)/C(=C(/O)c3ccc4c(c3)OCCO4)C2c2ccc(Cl)cc2Cl)nc1C. The van der Waals surface area contributed by atoms with Crippen molar-refractivity contribution in [2.75, 3.05) is 24.7 Å². The number of aliphatic hydroxyl groups is 1. The van der Waals surface area contributed by atoms with Crippen LogP contribution in [0.5, 0.6) is 11.5 Å². The summed E-state index contributed by atoms with van der Waals surface area (Å²) in [4.78, 5) is 45.0. The number of carbonyl (C=O) groups is 3. The molecule has 0 spiro atoms. The molecule has 0 aliphatic carbocycles. The third-order valence-corrected chi connectivity index (χ3v) is 7.67. The molecule has 1 atom stereocenters. The lowest BCUT2D eigenvalue weighted by molar-refractivity contribution is -0.132. The van der Waals surface area contributed by atoms with Gasteiger partial charge >= 0.3 is 11.9 Å². The molecule has 3 aromatic rings. The average molecular weight is 575 g/mol. The van der Waals surface area contributed by atoms with Crippen LogP contribution in [0.4, 0.5) is 5.13 Å². The van der Waals surface area contributed by atoms with Gasteiger partial charge in [-0.3, -0.25) is 14.5 Å². The number of Topliss-reactive ketones (excluding diaryl/α,β-unsaturated/α-hetero) is 1.